The quantitative estimate of drug-likeness (QED) is 0.589. The molecule has 156 valence electrons. The van der Waals surface area contributed by atoms with Gasteiger partial charge < -0.3 is 10.1 Å². The summed E-state index contributed by atoms with van der Waals surface area (Å²) in [4.78, 5) is 32.0. The van der Waals surface area contributed by atoms with Crippen LogP contribution >= 0.6 is 0 Å². The Labute approximate surface area is 181 Å². The number of carbonyl (C=O) groups is 2. The second-order valence-electron chi connectivity index (χ2n) is 7.26. The lowest BCUT2D eigenvalue weighted by Crippen LogP contribution is -2.32. The summed E-state index contributed by atoms with van der Waals surface area (Å²) in [6.45, 7) is 4.62. The molecule has 0 unspecified atom stereocenters. The Morgan fingerprint density at radius 1 is 0.968 bits per heavy atom. The number of pyridine rings is 1. The van der Waals surface area contributed by atoms with Crippen LogP contribution in [0.4, 0.5) is 5.69 Å². The predicted octanol–water partition coefficient (Wildman–Crippen LogP) is 4.18. The molecule has 1 aromatic heterocycles. The van der Waals surface area contributed by atoms with E-state index in [1.165, 1.54) is 4.90 Å². The van der Waals surface area contributed by atoms with E-state index in [-0.39, 0.29) is 24.1 Å². The summed E-state index contributed by atoms with van der Waals surface area (Å²) in [5, 5.41) is 3.17. The number of nitrogens with zero attached hydrogens (tertiary/aromatic N) is 2. The van der Waals surface area contributed by atoms with E-state index in [0.717, 1.165) is 16.8 Å². The first kappa shape index (κ1) is 20.3. The fraction of sp³-hybridized carbons (Fsp3) is 0.160. The molecule has 6 nitrogen and oxygen atoms in total. The smallest absolute Gasteiger partial charge is 0.278 e. The van der Waals surface area contributed by atoms with Crippen molar-refractivity contribution in [3.8, 4) is 5.75 Å². The van der Waals surface area contributed by atoms with Gasteiger partial charge in [0.15, 0.2) is 0 Å². The summed E-state index contributed by atoms with van der Waals surface area (Å²) in [7, 11) is 0. The molecule has 4 rings (SSSR count). The number of rotatable bonds is 7. The summed E-state index contributed by atoms with van der Waals surface area (Å²) in [6.07, 6.45) is 3.31. The molecule has 0 aliphatic carbocycles. The van der Waals surface area contributed by atoms with Gasteiger partial charge in [-0.3, -0.25) is 19.5 Å². The topological polar surface area (TPSA) is 71.5 Å². The third kappa shape index (κ3) is 4.33. The van der Waals surface area contributed by atoms with Crippen molar-refractivity contribution in [1.82, 2.24) is 9.88 Å². The molecule has 0 atom stereocenters. The van der Waals surface area contributed by atoms with E-state index in [0.29, 0.717) is 23.5 Å². The highest BCUT2D eigenvalue weighted by atomic mass is 16.5. The molecule has 2 amide bonds. The minimum absolute atomic E-state index is 0.158. The number of aromatic nitrogens is 1. The van der Waals surface area contributed by atoms with Gasteiger partial charge in [0.05, 0.1) is 18.7 Å². The largest absolute Gasteiger partial charge is 0.494 e. The maximum Gasteiger partial charge on any atom is 0.278 e. The Morgan fingerprint density at radius 3 is 2.35 bits per heavy atom. The first-order valence-electron chi connectivity index (χ1n) is 10.1. The maximum absolute atomic E-state index is 13.3. The van der Waals surface area contributed by atoms with Crippen LogP contribution in [0.3, 0.4) is 0 Å². The van der Waals surface area contributed by atoms with Crippen LogP contribution in [0.25, 0.3) is 5.57 Å². The molecule has 1 aliphatic rings. The Morgan fingerprint density at radius 2 is 1.71 bits per heavy atom. The number of aryl methyl sites for hydroxylation is 1. The van der Waals surface area contributed by atoms with Gasteiger partial charge in [-0.1, -0.05) is 35.9 Å². The normalized spacial score (nSPS) is 13.7. The van der Waals surface area contributed by atoms with Crippen LogP contribution in [0.1, 0.15) is 23.6 Å². The van der Waals surface area contributed by atoms with Crippen LogP contribution in [0.15, 0.2) is 78.8 Å². The molecule has 0 saturated carbocycles. The standard InChI is InChI=1S/C25H23N3O3/c1-3-31-21-12-8-19(9-13-21)22-23(27-20-10-6-17(2)7-11-20)25(30)28(24(22)29)16-18-5-4-14-26-15-18/h4-15,27H,3,16H2,1-2H3. The highest BCUT2D eigenvalue weighted by Gasteiger charge is 2.39. The van der Waals surface area contributed by atoms with E-state index in [1.807, 2.05) is 44.2 Å². The molecular formula is C25H23N3O3. The number of hydrogen-bond donors (Lipinski definition) is 1. The summed E-state index contributed by atoms with van der Waals surface area (Å²) in [5.74, 6) is 0.00909. The fourth-order valence-corrected chi connectivity index (χ4v) is 3.44. The number of hydrogen-bond acceptors (Lipinski definition) is 5. The minimum atomic E-state index is -0.363. The average molecular weight is 413 g/mol. The second-order valence-corrected chi connectivity index (χ2v) is 7.26. The van der Waals surface area contributed by atoms with Crippen molar-refractivity contribution < 1.29 is 14.3 Å². The zero-order valence-corrected chi connectivity index (χ0v) is 17.5. The van der Waals surface area contributed by atoms with Crippen molar-refractivity contribution in [3.63, 3.8) is 0 Å². The lowest BCUT2D eigenvalue weighted by atomic mass is 10.0. The maximum atomic E-state index is 13.3. The second kappa shape index (κ2) is 8.83. The van der Waals surface area contributed by atoms with Crippen molar-refractivity contribution in [2.24, 2.45) is 0 Å². The van der Waals surface area contributed by atoms with E-state index >= 15 is 0 Å². The van der Waals surface area contributed by atoms with Crippen LogP contribution in [-0.4, -0.2) is 28.3 Å². The first-order chi connectivity index (χ1) is 15.1. The molecule has 0 saturated heterocycles. The van der Waals surface area contributed by atoms with E-state index < -0.39 is 0 Å². The number of imide groups is 1. The molecule has 0 fully saturated rings. The van der Waals surface area contributed by atoms with Gasteiger partial charge in [-0.25, -0.2) is 0 Å². The fourth-order valence-electron chi connectivity index (χ4n) is 3.44. The molecule has 0 spiro atoms. The van der Waals surface area contributed by atoms with Crippen molar-refractivity contribution >= 4 is 23.1 Å². The van der Waals surface area contributed by atoms with E-state index in [9.17, 15) is 9.59 Å². The van der Waals surface area contributed by atoms with Crippen LogP contribution in [0.2, 0.25) is 0 Å². The van der Waals surface area contributed by atoms with Crippen molar-refractivity contribution in [2.75, 3.05) is 11.9 Å². The first-order valence-corrected chi connectivity index (χ1v) is 10.1. The number of carbonyl (C=O) groups excluding carboxylic acids is 2. The molecule has 3 aromatic rings. The van der Waals surface area contributed by atoms with Crippen LogP contribution in [-0.2, 0) is 16.1 Å². The highest BCUT2D eigenvalue weighted by Crippen LogP contribution is 2.32. The number of ether oxygens (including phenoxy) is 1. The van der Waals surface area contributed by atoms with Crippen LogP contribution < -0.4 is 10.1 Å². The van der Waals surface area contributed by atoms with Gasteiger partial charge in [0.1, 0.15) is 11.4 Å². The number of amides is 2. The molecular weight excluding hydrogens is 390 g/mol. The summed E-state index contributed by atoms with van der Waals surface area (Å²) in [5.41, 5.74) is 3.91. The van der Waals surface area contributed by atoms with E-state index in [4.69, 9.17) is 4.74 Å². The predicted molar refractivity (Wildman–Crippen MR) is 119 cm³/mol. The Balaban J connectivity index is 1.71. The molecule has 0 bridgehead atoms. The number of anilines is 1. The van der Waals surface area contributed by atoms with E-state index in [2.05, 4.69) is 10.3 Å². The van der Waals surface area contributed by atoms with Gasteiger partial charge in [0.25, 0.3) is 11.8 Å². The third-order valence-corrected chi connectivity index (χ3v) is 5.01. The zero-order chi connectivity index (χ0) is 21.8. The molecule has 2 heterocycles. The van der Waals surface area contributed by atoms with Gasteiger partial charge in [-0.15, -0.1) is 0 Å². The van der Waals surface area contributed by atoms with E-state index in [1.54, 1.807) is 42.7 Å². The zero-order valence-electron chi connectivity index (χ0n) is 17.5. The monoisotopic (exact) mass is 413 g/mol. The van der Waals surface area contributed by atoms with Crippen LogP contribution in [0, 0.1) is 6.92 Å². The average Bonchev–Trinajstić information content (AvgIpc) is 3.01. The summed E-state index contributed by atoms with van der Waals surface area (Å²) < 4.78 is 5.50. The molecule has 0 radical (unpaired) electrons. The lowest BCUT2D eigenvalue weighted by Gasteiger charge is -2.15. The molecule has 31 heavy (non-hydrogen) atoms. The molecule has 1 N–H and O–H groups in total. The van der Waals surface area contributed by atoms with Gasteiger partial charge in [0, 0.05) is 18.1 Å². The van der Waals surface area contributed by atoms with Gasteiger partial charge in [-0.05, 0) is 55.3 Å². The summed E-state index contributed by atoms with van der Waals surface area (Å²) >= 11 is 0. The Kier molecular flexibility index (Phi) is 5.80. The third-order valence-electron chi connectivity index (χ3n) is 5.01. The lowest BCUT2D eigenvalue weighted by molar-refractivity contribution is -0.137. The highest BCUT2D eigenvalue weighted by molar-refractivity contribution is 6.36. The Bertz CT molecular complexity index is 1120. The molecule has 1 aliphatic heterocycles. The van der Waals surface area contributed by atoms with Gasteiger partial charge in [-0.2, -0.15) is 0 Å². The number of benzene rings is 2. The van der Waals surface area contributed by atoms with Crippen molar-refractivity contribution in [3.05, 3.63) is 95.4 Å². The summed E-state index contributed by atoms with van der Waals surface area (Å²) in [6, 6.07) is 18.5. The minimum Gasteiger partial charge on any atom is -0.494 e. The Hall–Kier alpha value is -3.93. The van der Waals surface area contributed by atoms with Gasteiger partial charge >= 0.3 is 0 Å². The molecule has 6 heteroatoms. The van der Waals surface area contributed by atoms with Crippen molar-refractivity contribution in [1.29, 1.82) is 0 Å². The van der Waals surface area contributed by atoms with Crippen molar-refractivity contribution in [2.45, 2.75) is 20.4 Å². The number of nitrogens with one attached hydrogen (secondary N) is 1. The SMILES string of the molecule is CCOc1ccc(C2=C(Nc3ccc(C)cc3)C(=O)N(Cc3cccnc3)C2=O)cc1. The van der Waals surface area contributed by atoms with Crippen LogP contribution in [0.5, 0.6) is 5.75 Å². The molecule has 2 aromatic carbocycles. The van der Waals surface area contributed by atoms with Gasteiger partial charge in [0.2, 0.25) is 0 Å².